The summed E-state index contributed by atoms with van der Waals surface area (Å²) in [6.45, 7) is 0.0252. The van der Waals surface area contributed by atoms with Gasteiger partial charge in [-0.15, -0.1) is 0 Å². The van der Waals surface area contributed by atoms with Gasteiger partial charge in [0.25, 0.3) is 0 Å². The van der Waals surface area contributed by atoms with Crippen LogP contribution in [0.2, 0.25) is 5.02 Å². The van der Waals surface area contributed by atoms with Crippen LogP contribution >= 0.6 is 50.1 Å². The van der Waals surface area contributed by atoms with Crippen LogP contribution in [-0.4, -0.2) is 0 Å². The predicted molar refractivity (Wildman–Crippen MR) is 85.6 cm³/mol. The normalized spacial score (nSPS) is 10.6. The molecule has 2 aromatic carbocycles. The molecule has 1 N–H and O–H groups in total. The predicted octanol–water partition coefficient (Wildman–Crippen LogP) is 5.60. The van der Waals surface area contributed by atoms with Crippen LogP contribution in [0.1, 0.15) is 5.56 Å². The lowest BCUT2D eigenvalue weighted by atomic mass is 10.2. The summed E-state index contributed by atoms with van der Waals surface area (Å²) in [6.07, 6.45) is 0. The molecule has 0 bridgehead atoms. The molecular weight excluding hydrogens is 450 g/mol. The van der Waals surface area contributed by atoms with Crippen molar-refractivity contribution < 1.29 is 8.78 Å². The number of anilines is 1. The molecule has 6 heteroatoms. The summed E-state index contributed by atoms with van der Waals surface area (Å²) in [5.74, 6) is -1.19. The van der Waals surface area contributed by atoms with Gasteiger partial charge in [0.1, 0.15) is 11.6 Å². The molecule has 0 atom stereocenters. The third kappa shape index (κ3) is 3.58. The summed E-state index contributed by atoms with van der Waals surface area (Å²) in [4.78, 5) is 0. The Kier molecular flexibility index (Phi) is 5.03. The van der Waals surface area contributed by atoms with Gasteiger partial charge in [-0.05, 0) is 68.9 Å². The van der Waals surface area contributed by atoms with Crippen LogP contribution < -0.4 is 5.32 Å². The second-order valence-electron chi connectivity index (χ2n) is 3.80. The SMILES string of the molecule is Fc1ccc(Br)c(F)c1CNc1ccc(I)cc1Cl. The third-order valence-corrected chi connectivity index (χ3v) is 4.12. The first-order valence-corrected chi connectivity index (χ1v) is 7.55. The van der Waals surface area contributed by atoms with E-state index in [0.717, 1.165) is 3.57 Å². The van der Waals surface area contributed by atoms with Gasteiger partial charge in [-0.2, -0.15) is 0 Å². The molecule has 0 fully saturated rings. The molecule has 2 aromatic rings. The van der Waals surface area contributed by atoms with Crippen molar-refractivity contribution in [2.24, 2.45) is 0 Å². The van der Waals surface area contributed by atoms with Crippen molar-refractivity contribution in [1.29, 1.82) is 0 Å². The minimum atomic E-state index is -0.603. The molecular formula is C13H8BrClF2IN. The topological polar surface area (TPSA) is 12.0 Å². The Bertz CT molecular complexity index is 622. The van der Waals surface area contributed by atoms with Gasteiger partial charge >= 0.3 is 0 Å². The molecule has 100 valence electrons. The summed E-state index contributed by atoms with van der Waals surface area (Å²) in [6, 6.07) is 7.98. The van der Waals surface area contributed by atoms with Gasteiger partial charge in [0, 0.05) is 15.7 Å². The first kappa shape index (κ1) is 15.0. The molecule has 0 saturated carbocycles. The maximum Gasteiger partial charge on any atom is 0.145 e. The largest absolute Gasteiger partial charge is 0.380 e. The van der Waals surface area contributed by atoms with Crippen molar-refractivity contribution in [2.75, 3.05) is 5.32 Å². The summed E-state index contributed by atoms with van der Waals surface area (Å²) in [7, 11) is 0. The van der Waals surface area contributed by atoms with E-state index in [9.17, 15) is 8.78 Å². The number of halogens is 5. The lowest BCUT2D eigenvalue weighted by molar-refractivity contribution is 0.555. The first-order valence-electron chi connectivity index (χ1n) is 5.30. The van der Waals surface area contributed by atoms with E-state index >= 15 is 0 Å². The van der Waals surface area contributed by atoms with Crippen molar-refractivity contribution in [3.05, 3.63) is 60.6 Å². The van der Waals surface area contributed by atoms with Crippen molar-refractivity contribution in [3.63, 3.8) is 0 Å². The fraction of sp³-hybridized carbons (Fsp3) is 0.0769. The van der Waals surface area contributed by atoms with E-state index < -0.39 is 11.6 Å². The van der Waals surface area contributed by atoms with E-state index in [0.29, 0.717) is 10.7 Å². The monoisotopic (exact) mass is 457 g/mol. The molecule has 19 heavy (non-hydrogen) atoms. The average molecular weight is 458 g/mol. The summed E-state index contributed by atoms with van der Waals surface area (Å²) in [5.41, 5.74) is 0.616. The van der Waals surface area contributed by atoms with Crippen molar-refractivity contribution in [1.82, 2.24) is 0 Å². The number of hydrogen-bond donors (Lipinski definition) is 1. The van der Waals surface area contributed by atoms with Crippen LogP contribution in [0.15, 0.2) is 34.8 Å². The lowest BCUT2D eigenvalue weighted by Crippen LogP contribution is -2.05. The van der Waals surface area contributed by atoms with Crippen LogP contribution in [0.5, 0.6) is 0 Å². The van der Waals surface area contributed by atoms with Crippen molar-refractivity contribution in [3.8, 4) is 0 Å². The molecule has 0 spiro atoms. The quantitative estimate of drug-likeness (QED) is 0.467. The highest BCUT2D eigenvalue weighted by Crippen LogP contribution is 2.26. The van der Waals surface area contributed by atoms with Crippen molar-refractivity contribution in [2.45, 2.75) is 6.54 Å². The summed E-state index contributed by atoms with van der Waals surface area (Å²) in [5, 5.41) is 3.45. The molecule has 0 unspecified atom stereocenters. The van der Waals surface area contributed by atoms with Gasteiger partial charge < -0.3 is 5.32 Å². The van der Waals surface area contributed by atoms with E-state index in [4.69, 9.17) is 11.6 Å². The van der Waals surface area contributed by atoms with E-state index in [1.54, 1.807) is 12.1 Å². The number of nitrogens with one attached hydrogen (secondary N) is 1. The highest BCUT2D eigenvalue weighted by atomic mass is 127. The van der Waals surface area contributed by atoms with E-state index in [2.05, 4.69) is 43.8 Å². The molecule has 2 rings (SSSR count). The summed E-state index contributed by atoms with van der Waals surface area (Å²) < 4.78 is 28.6. The Hall–Kier alpha value is -0.400. The molecule has 0 aliphatic heterocycles. The fourth-order valence-corrected chi connectivity index (χ4v) is 2.84. The van der Waals surface area contributed by atoms with E-state index in [-0.39, 0.29) is 16.6 Å². The van der Waals surface area contributed by atoms with E-state index in [1.165, 1.54) is 12.1 Å². The fourth-order valence-electron chi connectivity index (χ4n) is 1.55. The van der Waals surface area contributed by atoms with Crippen LogP contribution in [0.3, 0.4) is 0 Å². The Morgan fingerprint density at radius 3 is 2.63 bits per heavy atom. The molecule has 0 amide bonds. The van der Waals surface area contributed by atoms with Crippen LogP contribution in [0.25, 0.3) is 0 Å². The molecule has 0 aliphatic rings. The second-order valence-corrected chi connectivity index (χ2v) is 6.31. The second kappa shape index (κ2) is 6.37. The minimum absolute atomic E-state index is 0.0241. The lowest BCUT2D eigenvalue weighted by Gasteiger charge is -2.11. The van der Waals surface area contributed by atoms with Gasteiger partial charge in [0.05, 0.1) is 15.2 Å². The smallest absolute Gasteiger partial charge is 0.145 e. The van der Waals surface area contributed by atoms with Crippen molar-refractivity contribution >= 4 is 55.8 Å². The van der Waals surface area contributed by atoms with Gasteiger partial charge in [-0.1, -0.05) is 11.6 Å². The minimum Gasteiger partial charge on any atom is -0.380 e. The Labute approximate surface area is 136 Å². The Morgan fingerprint density at radius 1 is 1.21 bits per heavy atom. The summed E-state index contributed by atoms with van der Waals surface area (Å²) >= 11 is 11.2. The maximum atomic E-state index is 13.8. The molecule has 1 nitrogen and oxygen atoms in total. The van der Waals surface area contributed by atoms with Crippen LogP contribution in [-0.2, 0) is 6.54 Å². The molecule has 0 aliphatic carbocycles. The van der Waals surface area contributed by atoms with E-state index in [1.807, 2.05) is 6.07 Å². The Balaban J connectivity index is 2.21. The highest BCUT2D eigenvalue weighted by molar-refractivity contribution is 14.1. The number of rotatable bonds is 3. The van der Waals surface area contributed by atoms with Gasteiger partial charge in [0.15, 0.2) is 0 Å². The zero-order valence-electron chi connectivity index (χ0n) is 9.48. The van der Waals surface area contributed by atoms with Crippen LogP contribution in [0.4, 0.5) is 14.5 Å². The zero-order chi connectivity index (χ0) is 14.0. The Morgan fingerprint density at radius 2 is 1.95 bits per heavy atom. The zero-order valence-corrected chi connectivity index (χ0v) is 14.0. The highest BCUT2D eigenvalue weighted by Gasteiger charge is 2.12. The molecule has 0 saturated heterocycles. The van der Waals surface area contributed by atoms with Gasteiger partial charge in [-0.25, -0.2) is 8.78 Å². The first-order chi connectivity index (χ1) is 8.99. The average Bonchev–Trinajstić information content (AvgIpc) is 2.36. The molecule has 0 aromatic heterocycles. The van der Waals surface area contributed by atoms with Gasteiger partial charge in [0.2, 0.25) is 0 Å². The number of benzene rings is 2. The maximum absolute atomic E-state index is 13.8. The molecule has 0 heterocycles. The number of hydrogen-bond acceptors (Lipinski definition) is 1. The van der Waals surface area contributed by atoms with Crippen LogP contribution in [0, 0.1) is 15.2 Å². The standard InChI is InChI=1S/C13H8BrClF2IN/c14-9-2-3-11(16)8(13(9)17)6-19-12-4-1-7(18)5-10(12)15/h1-5,19H,6H2. The molecule has 0 radical (unpaired) electrons. The third-order valence-electron chi connectivity index (χ3n) is 2.53. The van der Waals surface area contributed by atoms with Gasteiger partial charge in [-0.3, -0.25) is 0 Å².